The third-order valence-electron chi connectivity index (χ3n) is 8.76. The van der Waals surface area contributed by atoms with Crippen LogP contribution in [0.2, 0.25) is 0 Å². The van der Waals surface area contributed by atoms with Gasteiger partial charge in [0.1, 0.15) is 17.4 Å². The smallest absolute Gasteiger partial charge is 0.416 e. The summed E-state index contributed by atoms with van der Waals surface area (Å²) in [5.41, 5.74) is 2.61. The summed E-state index contributed by atoms with van der Waals surface area (Å²) >= 11 is 0. The fourth-order valence-corrected chi connectivity index (χ4v) is 6.11. The van der Waals surface area contributed by atoms with E-state index in [9.17, 15) is 18.0 Å². The number of ether oxygens (including phenoxy) is 1. The van der Waals surface area contributed by atoms with E-state index in [1.54, 1.807) is 6.07 Å². The Labute approximate surface area is 260 Å². The summed E-state index contributed by atoms with van der Waals surface area (Å²) in [5.74, 6) is 1.13. The van der Waals surface area contributed by atoms with Gasteiger partial charge in [-0.3, -0.25) is 9.69 Å². The SMILES string of the molecule is N#Cc1ccc(CN2CCC(CNC(=O)c3cc4cc(OC5CCN(c6ccc(C(F)(F)F)cc6)CC5)ccc4o3)CC2)cc1. The summed E-state index contributed by atoms with van der Waals surface area (Å²) in [4.78, 5) is 17.4. The summed E-state index contributed by atoms with van der Waals surface area (Å²) in [5, 5.41) is 12.8. The van der Waals surface area contributed by atoms with Crippen LogP contribution in [0.25, 0.3) is 11.0 Å². The number of nitrogens with zero attached hydrogens (tertiary/aromatic N) is 3. The van der Waals surface area contributed by atoms with Crippen molar-refractivity contribution in [3.8, 4) is 11.8 Å². The first-order valence-electron chi connectivity index (χ1n) is 15.4. The van der Waals surface area contributed by atoms with Crippen molar-refractivity contribution < 1.29 is 27.1 Å². The maximum absolute atomic E-state index is 12.9. The quantitative estimate of drug-likeness (QED) is 0.229. The van der Waals surface area contributed by atoms with Gasteiger partial charge in [0.15, 0.2) is 5.76 Å². The van der Waals surface area contributed by atoms with Crippen molar-refractivity contribution in [3.63, 3.8) is 0 Å². The average Bonchev–Trinajstić information content (AvgIpc) is 3.48. The monoisotopic (exact) mass is 616 g/mol. The minimum absolute atomic E-state index is 0.0154. The molecule has 234 valence electrons. The number of fused-ring (bicyclic) bond motifs is 1. The van der Waals surface area contributed by atoms with Crippen LogP contribution >= 0.6 is 0 Å². The number of likely N-dealkylation sites (tertiary alicyclic amines) is 1. The number of piperidine rings is 2. The van der Waals surface area contributed by atoms with Crippen LogP contribution in [-0.2, 0) is 12.7 Å². The molecule has 3 aromatic carbocycles. The van der Waals surface area contributed by atoms with Gasteiger partial charge in [0.2, 0.25) is 0 Å². The lowest BCUT2D eigenvalue weighted by molar-refractivity contribution is -0.137. The molecule has 0 aliphatic carbocycles. The number of alkyl halides is 3. The predicted octanol–water partition coefficient (Wildman–Crippen LogP) is 7.01. The number of hydrogen-bond donors (Lipinski definition) is 1. The van der Waals surface area contributed by atoms with Crippen LogP contribution in [0.3, 0.4) is 0 Å². The predicted molar refractivity (Wildman–Crippen MR) is 165 cm³/mol. The van der Waals surface area contributed by atoms with Crippen LogP contribution < -0.4 is 15.0 Å². The molecule has 2 aliphatic heterocycles. The van der Waals surface area contributed by atoms with Gasteiger partial charge in [-0.05, 0) is 98.1 Å². The zero-order chi connectivity index (χ0) is 31.4. The van der Waals surface area contributed by atoms with Crippen molar-refractivity contribution in [1.29, 1.82) is 5.26 Å². The Morgan fingerprint density at radius 3 is 2.31 bits per heavy atom. The fraction of sp³-hybridized carbons (Fsp3) is 0.371. The summed E-state index contributed by atoms with van der Waals surface area (Å²) in [6, 6.07) is 22.4. The van der Waals surface area contributed by atoms with Crippen molar-refractivity contribution in [1.82, 2.24) is 10.2 Å². The second-order valence-electron chi connectivity index (χ2n) is 11.9. The number of hydrogen-bond acceptors (Lipinski definition) is 6. The first-order valence-corrected chi connectivity index (χ1v) is 15.4. The minimum Gasteiger partial charge on any atom is -0.490 e. The number of anilines is 1. The molecule has 1 amide bonds. The summed E-state index contributed by atoms with van der Waals surface area (Å²) in [6.45, 7) is 4.75. The largest absolute Gasteiger partial charge is 0.490 e. The molecule has 2 saturated heterocycles. The topological polar surface area (TPSA) is 81.7 Å². The molecule has 0 bridgehead atoms. The lowest BCUT2D eigenvalue weighted by Gasteiger charge is -2.33. The Morgan fingerprint density at radius 1 is 0.933 bits per heavy atom. The number of carbonyl (C=O) groups excluding carboxylic acids is 1. The summed E-state index contributed by atoms with van der Waals surface area (Å²) in [7, 11) is 0. The Kier molecular flexibility index (Phi) is 8.99. The molecule has 0 radical (unpaired) electrons. The molecule has 0 atom stereocenters. The lowest BCUT2D eigenvalue weighted by atomic mass is 9.96. The van der Waals surface area contributed by atoms with Crippen molar-refractivity contribution in [3.05, 3.63) is 95.2 Å². The van der Waals surface area contributed by atoms with Crippen LogP contribution in [-0.4, -0.2) is 49.6 Å². The first kappa shape index (κ1) is 30.5. The van der Waals surface area contributed by atoms with E-state index in [0.717, 1.165) is 68.5 Å². The number of nitrogens with one attached hydrogen (secondary N) is 1. The van der Waals surface area contributed by atoms with Crippen molar-refractivity contribution in [2.45, 2.75) is 44.5 Å². The second kappa shape index (κ2) is 13.2. The standard InChI is InChI=1S/C35H35F3N4O3/c36-35(37,38)28-5-7-29(8-6-28)42-17-13-30(14-18-42)44-31-9-10-32-27(19-31)20-33(45-32)34(43)40-22-25-11-15-41(16-12-25)23-26-3-1-24(21-39)2-4-26/h1-10,19-20,25,30H,11-18,22-23H2,(H,40,43). The van der Waals surface area contributed by atoms with E-state index in [1.807, 2.05) is 42.5 Å². The van der Waals surface area contributed by atoms with Gasteiger partial charge in [0.05, 0.1) is 17.2 Å². The van der Waals surface area contributed by atoms with Gasteiger partial charge in [0.25, 0.3) is 5.91 Å². The molecule has 45 heavy (non-hydrogen) atoms. The number of benzene rings is 3. The number of nitriles is 1. The number of halogens is 3. The van der Waals surface area contributed by atoms with Crippen molar-refractivity contribution >= 4 is 22.6 Å². The molecular formula is C35H35F3N4O3. The molecule has 2 aliphatic rings. The van der Waals surface area contributed by atoms with Crippen LogP contribution in [0.1, 0.15) is 52.9 Å². The highest BCUT2D eigenvalue weighted by atomic mass is 19.4. The van der Waals surface area contributed by atoms with Gasteiger partial charge in [-0.15, -0.1) is 0 Å². The van der Waals surface area contributed by atoms with Crippen LogP contribution in [0, 0.1) is 17.2 Å². The van der Waals surface area contributed by atoms with E-state index in [1.165, 1.54) is 17.7 Å². The van der Waals surface area contributed by atoms with Crippen molar-refractivity contribution in [2.75, 3.05) is 37.6 Å². The molecule has 0 saturated carbocycles. The third kappa shape index (κ3) is 7.60. The van der Waals surface area contributed by atoms with E-state index >= 15 is 0 Å². The van der Waals surface area contributed by atoms with Gasteiger partial charge >= 0.3 is 6.18 Å². The summed E-state index contributed by atoms with van der Waals surface area (Å²) in [6.07, 6.45) is -0.868. The Hall–Kier alpha value is -4.49. The zero-order valence-corrected chi connectivity index (χ0v) is 24.9. The molecule has 3 heterocycles. The Balaban J connectivity index is 0.952. The maximum Gasteiger partial charge on any atom is 0.416 e. The van der Waals surface area contributed by atoms with Gasteiger partial charge in [-0.25, -0.2) is 0 Å². The number of furan rings is 1. The van der Waals surface area contributed by atoms with Gasteiger partial charge in [-0.2, -0.15) is 18.4 Å². The van der Waals surface area contributed by atoms with Crippen LogP contribution in [0.4, 0.5) is 18.9 Å². The van der Waals surface area contributed by atoms with E-state index in [4.69, 9.17) is 14.4 Å². The zero-order valence-electron chi connectivity index (χ0n) is 24.9. The molecule has 0 unspecified atom stereocenters. The van der Waals surface area contributed by atoms with E-state index in [0.29, 0.717) is 42.4 Å². The van der Waals surface area contributed by atoms with Crippen molar-refractivity contribution in [2.24, 2.45) is 5.92 Å². The molecule has 10 heteroatoms. The maximum atomic E-state index is 12.9. The molecule has 1 aromatic heterocycles. The van der Waals surface area contributed by atoms with Crippen LogP contribution in [0.15, 0.2) is 77.2 Å². The number of carbonyl (C=O) groups is 1. The molecule has 6 rings (SSSR count). The molecule has 0 spiro atoms. The number of amides is 1. The Morgan fingerprint density at radius 2 is 1.64 bits per heavy atom. The molecule has 2 fully saturated rings. The minimum atomic E-state index is -4.34. The molecule has 4 aromatic rings. The van der Waals surface area contributed by atoms with Crippen LogP contribution in [0.5, 0.6) is 5.75 Å². The normalized spacial score (nSPS) is 16.9. The second-order valence-corrected chi connectivity index (χ2v) is 11.9. The number of rotatable bonds is 8. The fourth-order valence-electron chi connectivity index (χ4n) is 6.11. The van der Waals surface area contributed by atoms with Gasteiger partial charge < -0.3 is 19.4 Å². The highest BCUT2D eigenvalue weighted by Gasteiger charge is 2.30. The summed E-state index contributed by atoms with van der Waals surface area (Å²) < 4.78 is 50.7. The lowest BCUT2D eigenvalue weighted by Crippen LogP contribution is -2.38. The average molecular weight is 617 g/mol. The van der Waals surface area contributed by atoms with E-state index in [-0.39, 0.29) is 17.8 Å². The third-order valence-corrected chi connectivity index (χ3v) is 8.76. The highest BCUT2D eigenvalue weighted by molar-refractivity contribution is 5.96. The molecule has 1 N–H and O–H groups in total. The van der Waals surface area contributed by atoms with Gasteiger partial charge in [0, 0.05) is 50.1 Å². The Bertz CT molecular complexity index is 1640. The molecular weight excluding hydrogens is 581 g/mol. The first-order chi connectivity index (χ1) is 21.7. The van der Waals surface area contributed by atoms with E-state index in [2.05, 4.69) is 21.2 Å². The van der Waals surface area contributed by atoms with Gasteiger partial charge in [-0.1, -0.05) is 12.1 Å². The molecule has 7 nitrogen and oxygen atoms in total. The van der Waals surface area contributed by atoms with E-state index < -0.39 is 11.7 Å². The highest BCUT2D eigenvalue weighted by Crippen LogP contribution is 2.32.